The van der Waals surface area contributed by atoms with Crippen LogP contribution >= 0.6 is 0 Å². The van der Waals surface area contributed by atoms with Crippen molar-refractivity contribution in [2.45, 2.75) is 6.36 Å². The van der Waals surface area contributed by atoms with E-state index in [-0.39, 0.29) is 11.6 Å². The summed E-state index contributed by atoms with van der Waals surface area (Å²) in [5, 5.41) is 15.5. The third-order valence-electron chi connectivity index (χ3n) is 3.95. The van der Waals surface area contributed by atoms with Gasteiger partial charge in [-0.15, -0.1) is 13.2 Å². The van der Waals surface area contributed by atoms with Crippen molar-refractivity contribution in [2.24, 2.45) is 7.05 Å². The fourth-order valence-corrected chi connectivity index (χ4v) is 2.54. The first-order valence-electron chi connectivity index (χ1n) is 8.24. The van der Waals surface area contributed by atoms with Gasteiger partial charge in [0.2, 0.25) is 0 Å². The molecule has 0 fully saturated rings. The second-order valence-corrected chi connectivity index (χ2v) is 5.94. The highest BCUT2D eigenvalue weighted by atomic mass is 19.4. The zero-order valence-electron chi connectivity index (χ0n) is 14.9. The molecular weight excluding hydrogens is 369 g/mol. The van der Waals surface area contributed by atoms with Crippen molar-refractivity contribution < 1.29 is 17.9 Å². The smallest absolute Gasteiger partial charge is 0.406 e. The van der Waals surface area contributed by atoms with Crippen molar-refractivity contribution in [1.82, 2.24) is 9.78 Å². The van der Waals surface area contributed by atoms with Crippen LogP contribution in [0.1, 0.15) is 11.1 Å². The van der Waals surface area contributed by atoms with Gasteiger partial charge in [-0.3, -0.25) is 10.1 Å². The molecule has 0 aliphatic rings. The maximum atomic E-state index is 12.2. The zero-order chi connectivity index (χ0) is 20.3. The van der Waals surface area contributed by atoms with Gasteiger partial charge in [0.1, 0.15) is 17.4 Å². The zero-order valence-corrected chi connectivity index (χ0v) is 14.9. The molecule has 0 atom stereocenters. The van der Waals surface area contributed by atoms with Gasteiger partial charge in [-0.25, -0.2) is 0 Å². The number of hydrogen-bond donors (Lipinski definition) is 2. The van der Waals surface area contributed by atoms with Gasteiger partial charge in [0, 0.05) is 24.2 Å². The lowest BCUT2D eigenvalue weighted by Gasteiger charge is -2.10. The Bertz CT molecular complexity index is 990. The van der Waals surface area contributed by atoms with Crippen LogP contribution in [0.15, 0.2) is 61.2 Å². The fourth-order valence-electron chi connectivity index (χ4n) is 2.54. The molecule has 8 heteroatoms. The van der Waals surface area contributed by atoms with Crippen LogP contribution < -0.4 is 10.1 Å². The van der Waals surface area contributed by atoms with Gasteiger partial charge in [0.15, 0.2) is 0 Å². The number of nitrogens with zero attached hydrogens (tertiary/aromatic N) is 2. The Hall–Kier alpha value is -3.55. The SMILES string of the molecule is C=Cc1ccc(-c2cc(NC(=N)c3ccc(OC(F)(F)F)cc3)n(C)n2)cc1. The number of anilines is 1. The van der Waals surface area contributed by atoms with Crippen LogP contribution in [0.5, 0.6) is 5.75 Å². The van der Waals surface area contributed by atoms with Crippen molar-refractivity contribution in [3.63, 3.8) is 0 Å². The molecule has 1 heterocycles. The average Bonchev–Trinajstić information content (AvgIpc) is 3.01. The minimum absolute atomic E-state index is 0.0233. The molecule has 3 aromatic rings. The summed E-state index contributed by atoms with van der Waals surface area (Å²) in [7, 11) is 1.73. The minimum Gasteiger partial charge on any atom is -0.406 e. The lowest BCUT2D eigenvalue weighted by atomic mass is 10.1. The Labute approximate surface area is 159 Å². The lowest BCUT2D eigenvalue weighted by molar-refractivity contribution is -0.274. The average molecular weight is 386 g/mol. The highest BCUT2D eigenvalue weighted by Crippen LogP contribution is 2.24. The number of ether oxygens (including phenoxy) is 1. The minimum atomic E-state index is -4.75. The highest BCUT2D eigenvalue weighted by molar-refractivity contribution is 6.06. The predicted molar refractivity (Wildman–Crippen MR) is 102 cm³/mol. The summed E-state index contributed by atoms with van der Waals surface area (Å²) in [4.78, 5) is 0. The van der Waals surface area contributed by atoms with Gasteiger partial charge in [-0.2, -0.15) is 5.10 Å². The number of nitrogens with one attached hydrogen (secondary N) is 2. The molecule has 0 bridgehead atoms. The van der Waals surface area contributed by atoms with E-state index in [0.717, 1.165) is 29.0 Å². The third-order valence-corrected chi connectivity index (χ3v) is 3.95. The van der Waals surface area contributed by atoms with E-state index in [1.165, 1.54) is 12.1 Å². The van der Waals surface area contributed by atoms with Crippen molar-refractivity contribution >= 4 is 17.7 Å². The molecule has 0 radical (unpaired) electrons. The quantitative estimate of drug-likeness (QED) is 0.476. The Morgan fingerprint density at radius 2 is 1.79 bits per heavy atom. The number of rotatable bonds is 5. The Kier molecular flexibility index (Phi) is 5.21. The second-order valence-electron chi connectivity index (χ2n) is 5.94. The van der Waals surface area contributed by atoms with Crippen molar-refractivity contribution in [1.29, 1.82) is 5.41 Å². The number of aryl methyl sites for hydroxylation is 1. The maximum absolute atomic E-state index is 12.2. The standard InChI is InChI=1S/C20H17F3N4O/c1-3-13-4-6-14(7-5-13)17-12-18(27(2)26-17)25-19(24)15-8-10-16(11-9-15)28-20(21,22)23/h3-12H,1H2,2H3,(H2,24,25). The van der Waals surface area contributed by atoms with Crippen LogP contribution in [0, 0.1) is 5.41 Å². The van der Waals surface area contributed by atoms with Crippen LogP contribution in [0.4, 0.5) is 19.0 Å². The number of amidine groups is 1. The van der Waals surface area contributed by atoms with Gasteiger partial charge in [0.05, 0.1) is 5.69 Å². The number of hydrogen-bond acceptors (Lipinski definition) is 3. The molecule has 0 aliphatic heterocycles. The van der Waals surface area contributed by atoms with Crippen LogP contribution in [-0.2, 0) is 7.05 Å². The van der Waals surface area contributed by atoms with E-state index in [0.29, 0.717) is 11.4 Å². The number of benzene rings is 2. The Morgan fingerprint density at radius 1 is 1.14 bits per heavy atom. The topological polar surface area (TPSA) is 62.9 Å². The maximum Gasteiger partial charge on any atom is 0.573 e. The Balaban J connectivity index is 1.73. The van der Waals surface area contributed by atoms with E-state index in [1.54, 1.807) is 23.9 Å². The van der Waals surface area contributed by atoms with Gasteiger partial charge in [0.25, 0.3) is 0 Å². The van der Waals surface area contributed by atoms with Crippen molar-refractivity contribution in [2.75, 3.05) is 5.32 Å². The van der Waals surface area contributed by atoms with E-state index in [2.05, 4.69) is 21.7 Å². The lowest BCUT2D eigenvalue weighted by Crippen LogP contribution is -2.17. The molecule has 28 heavy (non-hydrogen) atoms. The van der Waals surface area contributed by atoms with Crippen LogP contribution in [0.25, 0.3) is 17.3 Å². The molecule has 1 aromatic heterocycles. The van der Waals surface area contributed by atoms with Gasteiger partial charge < -0.3 is 10.1 Å². The molecule has 0 spiro atoms. The summed E-state index contributed by atoms with van der Waals surface area (Å²) in [6, 6.07) is 14.6. The third kappa shape index (κ3) is 4.59. The summed E-state index contributed by atoms with van der Waals surface area (Å²) >= 11 is 0. The summed E-state index contributed by atoms with van der Waals surface area (Å²) < 4.78 is 42.1. The van der Waals surface area contributed by atoms with Gasteiger partial charge >= 0.3 is 6.36 Å². The summed E-state index contributed by atoms with van der Waals surface area (Å²) in [5.74, 6) is 0.258. The molecular formula is C20H17F3N4O. The molecule has 0 saturated carbocycles. The molecule has 144 valence electrons. The van der Waals surface area contributed by atoms with E-state index < -0.39 is 6.36 Å². The molecule has 0 aliphatic carbocycles. The molecule has 0 amide bonds. The summed E-state index contributed by atoms with van der Waals surface area (Å²) in [5.41, 5.74) is 3.04. The normalized spacial score (nSPS) is 11.1. The molecule has 0 saturated heterocycles. The molecule has 2 N–H and O–H groups in total. The van der Waals surface area contributed by atoms with Crippen LogP contribution in [-0.4, -0.2) is 22.0 Å². The Morgan fingerprint density at radius 3 is 2.36 bits per heavy atom. The molecule has 2 aromatic carbocycles. The monoisotopic (exact) mass is 386 g/mol. The van der Waals surface area contributed by atoms with Crippen molar-refractivity contribution in [3.05, 3.63) is 72.3 Å². The second kappa shape index (κ2) is 7.59. The molecule has 0 unspecified atom stereocenters. The number of halogens is 3. The largest absolute Gasteiger partial charge is 0.573 e. The first-order chi connectivity index (χ1) is 13.2. The number of aromatic nitrogens is 2. The van der Waals surface area contributed by atoms with Gasteiger partial charge in [-0.05, 0) is 29.8 Å². The molecule has 5 nitrogen and oxygen atoms in total. The fraction of sp³-hybridized carbons (Fsp3) is 0.100. The first kappa shape index (κ1) is 19.2. The van der Waals surface area contributed by atoms with Gasteiger partial charge in [-0.1, -0.05) is 36.9 Å². The molecule has 3 rings (SSSR count). The van der Waals surface area contributed by atoms with Crippen LogP contribution in [0.2, 0.25) is 0 Å². The van der Waals surface area contributed by atoms with E-state index in [1.807, 2.05) is 24.3 Å². The summed E-state index contributed by atoms with van der Waals surface area (Å²) in [6.07, 6.45) is -3.00. The van der Waals surface area contributed by atoms with E-state index >= 15 is 0 Å². The summed E-state index contributed by atoms with van der Waals surface area (Å²) in [6.45, 7) is 3.72. The first-order valence-corrected chi connectivity index (χ1v) is 8.24. The van der Waals surface area contributed by atoms with E-state index in [4.69, 9.17) is 5.41 Å². The predicted octanol–water partition coefficient (Wildman–Crippen LogP) is 5.07. The number of alkyl halides is 3. The van der Waals surface area contributed by atoms with Crippen LogP contribution in [0.3, 0.4) is 0 Å². The van der Waals surface area contributed by atoms with E-state index in [9.17, 15) is 13.2 Å². The van der Waals surface area contributed by atoms with Crippen molar-refractivity contribution in [3.8, 4) is 17.0 Å². The highest BCUT2D eigenvalue weighted by Gasteiger charge is 2.31.